The minimum absolute atomic E-state index is 0.892. The van der Waals surface area contributed by atoms with Gasteiger partial charge in [0.05, 0.1) is 0 Å². The maximum Gasteiger partial charge on any atom is 0.0426 e. The number of rotatable bonds is 5. The number of hydrogen-bond acceptors (Lipinski definition) is 1. The SMILES string of the molecule is C=C/C(=C(\C(CC)=NC)c1ccc(C)cc1)c1ccc(C)cc1. The van der Waals surface area contributed by atoms with Crippen LogP contribution < -0.4 is 0 Å². The average Bonchev–Trinajstić information content (AvgIpc) is 2.57. The van der Waals surface area contributed by atoms with E-state index in [0.29, 0.717) is 0 Å². The topological polar surface area (TPSA) is 12.4 Å². The standard InChI is InChI=1S/C22H25N/c1-6-20(18-12-8-16(3)9-13-18)22(21(7-2)23-5)19-14-10-17(4)11-15-19/h6,8-15H,1,7H2,2-5H3/b22-20+,23-21?. The Bertz CT molecular complexity index is 729. The number of nitrogens with zero attached hydrogens (tertiary/aromatic N) is 1. The Morgan fingerprint density at radius 2 is 1.39 bits per heavy atom. The Morgan fingerprint density at radius 1 is 0.913 bits per heavy atom. The second kappa shape index (κ2) is 7.73. The molecule has 0 heterocycles. The molecular formula is C22H25N. The van der Waals surface area contributed by atoms with Gasteiger partial charge in [-0.2, -0.15) is 0 Å². The van der Waals surface area contributed by atoms with Gasteiger partial charge < -0.3 is 0 Å². The van der Waals surface area contributed by atoms with Gasteiger partial charge in [-0.3, -0.25) is 4.99 Å². The molecule has 1 nitrogen and oxygen atoms in total. The van der Waals surface area contributed by atoms with Crippen molar-refractivity contribution in [3.05, 3.63) is 83.4 Å². The first-order valence-corrected chi connectivity index (χ1v) is 8.07. The molecule has 0 N–H and O–H groups in total. The molecule has 0 aliphatic rings. The Balaban J connectivity index is 2.73. The van der Waals surface area contributed by atoms with Crippen LogP contribution in [0.1, 0.15) is 35.6 Å². The summed E-state index contributed by atoms with van der Waals surface area (Å²) in [5.41, 5.74) is 8.29. The summed E-state index contributed by atoms with van der Waals surface area (Å²) in [6.07, 6.45) is 2.84. The quantitative estimate of drug-likeness (QED) is 0.371. The summed E-state index contributed by atoms with van der Waals surface area (Å²) >= 11 is 0. The molecular weight excluding hydrogens is 278 g/mol. The highest BCUT2D eigenvalue weighted by molar-refractivity contribution is 6.31. The normalized spacial score (nSPS) is 12.8. The van der Waals surface area contributed by atoms with Crippen LogP contribution in [0.5, 0.6) is 0 Å². The van der Waals surface area contributed by atoms with Crippen molar-refractivity contribution < 1.29 is 0 Å². The Hall–Kier alpha value is -2.41. The number of allylic oxidation sites excluding steroid dienone is 3. The van der Waals surface area contributed by atoms with Crippen LogP contribution in [0.15, 0.2) is 66.2 Å². The number of aryl methyl sites for hydroxylation is 2. The number of hydrogen-bond donors (Lipinski definition) is 0. The summed E-state index contributed by atoms with van der Waals surface area (Å²) in [6.45, 7) is 10.4. The summed E-state index contributed by atoms with van der Waals surface area (Å²) in [6, 6.07) is 17.2. The Labute approximate surface area is 140 Å². The summed E-state index contributed by atoms with van der Waals surface area (Å²) in [5, 5.41) is 0. The van der Waals surface area contributed by atoms with Crippen molar-refractivity contribution >= 4 is 16.9 Å². The van der Waals surface area contributed by atoms with Gasteiger partial charge in [0.1, 0.15) is 0 Å². The summed E-state index contributed by atoms with van der Waals surface area (Å²) in [4.78, 5) is 4.53. The largest absolute Gasteiger partial charge is 0.292 e. The zero-order valence-electron chi connectivity index (χ0n) is 14.6. The molecule has 118 valence electrons. The lowest BCUT2D eigenvalue weighted by Gasteiger charge is -2.16. The fourth-order valence-electron chi connectivity index (χ4n) is 2.74. The van der Waals surface area contributed by atoms with E-state index in [0.717, 1.165) is 17.7 Å². The van der Waals surface area contributed by atoms with Crippen LogP contribution in [-0.2, 0) is 0 Å². The van der Waals surface area contributed by atoms with Gasteiger partial charge in [0, 0.05) is 18.3 Å². The number of aliphatic imine (C=N–C) groups is 1. The van der Waals surface area contributed by atoms with Gasteiger partial charge in [0.2, 0.25) is 0 Å². The molecule has 0 aliphatic carbocycles. The predicted octanol–water partition coefficient (Wildman–Crippen LogP) is 5.88. The average molecular weight is 303 g/mol. The van der Waals surface area contributed by atoms with E-state index < -0.39 is 0 Å². The van der Waals surface area contributed by atoms with Crippen molar-refractivity contribution in [3.63, 3.8) is 0 Å². The molecule has 2 aromatic carbocycles. The second-order valence-electron chi connectivity index (χ2n) is 5.75. The molecule has 23 heavy (non-hydrogen) atoms. The highest BCUT2D eigenvalue weighted by Gasteiger charge is 2.14. The molecule has 0 saturated carbocycles. The minimum Gasteiger partial charge on any atom is -0.292 e. The molecule has 0 saturated heterocycles. The molecule has 0 atom stereocenters. The zero-order chi connectivity index (χ0) is 16.8. The van der Waals surface area contributed by atoms with Crippen molar-refractivity contribution in [1.82, 2.24) is 0 Å². The zero-order valence-corrected chi connectivity index (χ0v) is 14.6. The Kier molecular flexibility index (Phi) is 5.70. The van der Waals surface area contributed by atoms with E-state index in [1.807, 2.05) is 13.1 Å². The van der Waals surface area contributed by atoms with E-state index in [1.54, 1.807) is 0 Å². The van der Waals surface area contributed by atoms with Gasteiger partial charge in [-0.25, -0.2) is 0 Å². The van der Waals surface area contributed by atoms with Gasteiger partial charge in [0.15, 0.2) is 0 Å². The molecule has 0 amide bonds. The monoisotopic (exact) mass is 303 g/mol. The Morgan fingerprint density at radius 3 is 1.78 bits per heavy atom. The second-order valence-corrected chi connectivity index (χ2v) is 5.75. The maximum absolute atomic E-state index is 4.53. The van der Waals surface area contributed by atoms with Crippen LogP contribution >= 0.6 is 0 Å². The third kappa shape index (κ3) is 3.87. The third-order valence-corrected chi connectivity index (χ3v) is 4.07. The first-order chi connectivity index (χ1) is 11.1. The summed E-state index contributed by atoms with van der Waals surface area (Å²) < 4.78 is 0. The molecule has 0 aromatic heterocycles. The lowest BCUT2D eigenvalue weighted by atomic mass is 9.89. The van der Waals surface area contributed by atoms with Crippen molar-refractivity contribution in [2.24, 2.45) is 4.99 Å². The molecule has 2 aromatic rings. The molecule has 2 rings (SSSR count). The molecule has 0 aliphatic heterocycles. The minimum atomic E-state index is 0.892. The fraction of sp³-hybridized carbons (Fsp3) is 0.227. The van der Waals surface area contributed by atoms with Crippen LogP contribution in [0.4, 0.5) is 0 Å². The molecule has 0 unspecified atom stereocenters. The fourth-order valence-corrected chi connectivity index (χ4v) is 2.74. The van der Waals surface area contributed by atoms with Crippen molar-refractivity contribution in [2.75, 3.05) is 7.05 Å². The van der Waals surface area contributed by atoms with Crippen LogP contribution in [-0.4, -0.2) is 12.8 Å². The molecule has 0 bridgehead atoms. The molecule has 1 heteroatoms. The van der Waals surface area contributed by atoms with E-state index in [-0.39, 0.29) is 0 Å². The van der Waals surface area contributed by atoms with Crippen molar-refractivity contribution in [3.8, 4) is 0 Å². The van der Waals surface area contributed by atoms with E-state index in [2.05, 4.69) is 80.9 Å². The van der Waals surface area contributed by atoms with E-state index in [4.69, 9.17) is 0 Å². The number of benzene rings is 2. The van der Waals surface area contributed by atoms with Gasteiger partial charge in [-0.1, -0.05) is 79.2 Å². The lowest BCUT2D eigenvalue weighted by Crippen LogP contribution is -2.04. The summed E-state index contributed by atoms with van der Waals surface area (Å²) in [5.74, 6) is 0. The molecule has 0 fully saturated rings. The van der Waals surface area contributed by atoms with Gasteiger partial charge in [-0.15, -0.1) is 0 Å². The molecule has 0 radical (unpaired) electrons. The van der Waals surface area contributed by atoms with Gasteiger partial charge >= 0.3 is 0 Å². The van der Waals surface area contributed by atoms with Crippen molar-refractivity contribution in [2.45, 2.75) is 27.2 Å². The van der Waals surface area contributed by atoms with E-state index >= 15 is 0 Å². The van der Waals surface area contributed by atoms with Crippen LogP contribution in [0.25, 0.3) is 11.1 Å². The molecule has 0 spiro atoms. The van der Waals surface area contributed by atoms with Crippen LogP contribution in [0.3, 0.4) is 0 Å². The van der Waals surface area contributed by atoms with Crippen LogP contribution in [0, 0.1) is 13.8 Å². The first kappa shape index (κ1) is 17.0. The smallest absolute Gasteiger partial charge is 0.0426 e. The van der Waals surface area contributed by atoms with Gasteiger partial charge in [-0.05, 0) is 37.0 Å². The lowest BCUT2D eigenvalue weighted by molar-refractivity contribution is 1.26. The highest BCUT2D eigenvalue weighted by atomic mass is 14.7. The maximum atomic E-state index is 4.53. The highest BCUT2D eigenvalue weighted by Crippen LogP contribution is 2.30. The van der Waals surface area contributed by atoms with E-state index in [9.17, 15) is 0 Å². The first-order valence-electron chi connectivity index (χ1n) is 8.07. The van der Waals surface area contributed by atoms with E-state index in [1.165, 1.54) is 27.8 Å². The predicted molar refractivity (Wildman–Crippen MR) is 103 cm³/mol. The van der Waals surface area contributed by atoms with Crippen LogP contribution in [0.2, 0.25) is 0 Å². The van der Waals surface area contributed by atoms with Crippen molar-refractivity contribution in [1.29, 1.82) is 0 Å². The van der Waals surface area contributed by atoms with Gasteiger partial charge in [0.25, 0.3) is 0 Å². The summed E-state index contributed by atoms with van der Waals surface area (Å²) in [7, 11) is 1.86. The third-order valence-electron chi connectivity index (χ3n) is 4.07.